The highest BCUT2D eigenvalue weighted by atomic mass is 19.1. The first-order chi connectivity index (χ1) is 11.6. The van der Waals surface area contributed by atoms with Gasteiger partial charge in [-0.25, -0.2) is 14.2 Å². The van der Waals surface area contributed by atoms with Crippen LogP contribution in [-0.2, 0) is 11.3 Å². The van der Waals surface area contributed by atoms with E-state index in [0.29, 0.717) is 25.3 Å². The van der Waals surface area contributed by atoms with E-state index in [1.165, 1.54) is 19.4 Å². The molecule has 1 N–H and O–H groups in total. The highest BCUT2D eigenvalue weighted by Gasteiger charge is 2.21. The summed E-state index contributed by atoms with van der Waals surface area (Å²) in [6, 6.07) is 1.17. The van der Waals surface area contributed by atoms with Gasteiger partial charge >= 0.3 is 5.97 Å². The van der Waals surface area contributed by atoms with Crippen LogP contribution in [0.4, 0.5) is 10.2 Å². The number of methoxy groups -OCH3 is 1. The number of pyridine rings is 2. The van der Waals surface area contributed by atoms with Gasteiger partial charge in [0.25, 0.3) is 0 Å². The number of ether oxygens (including phenoxy) is 1. The maximum Gasteiger partial charge on any atom is 0.343 e. The van der Waals surface area contributed by atoms with Crippen LogP contribution in [0.15, 0.2) is 17.1 Å². The third-order valence-electron chi connectivity index (χ3n) is 4.15. The van der Waals surface area contributed by atoms with E-state index in [9.17, 15) is 14.0 Å². The molecule has 1 fully saturated rings. The van der Waals surface area contributed by atoms with Crippen LogP contribution in [0.3, 0.4) is 0 Å². The Morgan fingerprint density at radius 1 is 1.42 bits per heavy atom. The Morgan fingerprint density at radius 3 is 2.75 bits per heavy atom. The summed E-state index contributed by atoms with van der Waals surface area (Å²) in [5.41, 5.74) is -0.326. The first-order valence-electron chi connectivity index (χ1n) is 7.84. The van der Waals surface area contributed by atoms with E-state index >= 15 is 0 Å². The van der Waals surface area contributed by atoms with Gasteiger partial charge in [0.1, 0.15) is 11.2 Å². The smallest absolute Gasteiger partial charge is 0.343 e. The van der Waals surface area contributed by atoms with E-state index in [1.807, 2.05) is 11.8 Å². The average Bonchev–Trinajstić information content (AvgIpc) is 2.62. The molecule has 1 aliphatic heterocycles. The molecule has 128 valence electrons. The number of hydrogen-bond donors (Lipinski definition) is 1. The number of aromatic nitrogens is 2. The molecule has 0 atom stereocenters. The Kier molecular flexibility index (Phi) is 4.48. The van der Waals surface area contributed by atoms with Crippen molar-refractivity contribution < 1.29 is 13.9 Å². The molecule has 1 saturated heterocycles. The van der Waals surface area contributed by atoms with E-state index in [0.717, 1.165) is 13.1 Å². The maximum atomic E-state index is 14.5. The topological polar surface area (TPSA) is 76.5 Å². The van der Waals surface area contributed by atoms with E-state index in [1.54, 1.807) is 4.57 Å². The van der Waals surface area contributed by atoms with E-state index in [2.05, 4.69) is 15.0 Å². The number of carbonyl (C=O) groups excluding carboxylic acids is 1. The van der Waals surface area contributed by atoms with Crippen LogP contribution in [0.25, 0.3) is 11.0 Å². The van der Waals surface area contributed by atoms with Crippen molar-refractivity contribution in [3.8, 4) is 0 Å². The third-order valence-corrected chi connectivity index (χ3v) is 4.15. The molecule has 0 unspecified atom stereocenters. The quantitative estimate of drug-likeness (QED) is 0.835. The van der Waals surface area contributed by atoms with Crippen molar-refractivity contribution in [2.75, 3.05) is 38.2 Å². The Morgan fingerprint density at radius 2 is 2.12 bits per heavy atom. The Bertz CT molecular complexity index is 843. The minimum Gasteiger partial charge on any atom is -0.465 e. The van der Waals surface area contributed by atoms with Gasteiger partial charge in [0.2, 0.25) is 5.43 Å². The Balaban J connectivity index is 2.22. The van der Waals surface area contributed by atoms with E-state index < -0.39 is 17.2 Å². The average molecular weight is 334 g/mol. The molecule has 0 saturated carbocycles. The summed E-state index contributed by atoms with van der Waals surface area (Å²) in [7, 11) is 1.20. The fraction of sp³-hybridized carbons (Fsp3) is 0.438. The molecule has 3 rings (SSSR count). The van der Waals surface area contributed by atoms with Crippen LogP contribution in [0.5, 0.6) is 0 Å². The molecular weight excluding hydrogens is 315 g/mol. The van der Waals surface area contributed by atoms with Crippen LogP contribution >= 0.6 is 0 Å². The summed E-state index contributed by atoms with van der Waals surface area (Å²) in [5.74, 6) is -1.07. The van der Waals surface area contributed by atoms with Gasteiger partial charge in [-0.3, -0.25) is 4.79 Å². The van der Waals surface area contributed by atoms with Crippen LogP contribution < -0.4 is 15.6 Å². The zero-order chi connectivity index (χ0) is 17.3. The number of rotatable bonds is 3. The molecule has 2 aromatic rings. The van der Waals surface area contributed by atoms with Gasteiger partial charge in [-0.2, -0.15) is 0 Å². The highest BCUT2D eigenvalue weighted by molar-refractivity contribution is 5.93. The lowest BCUT2D eigenvalue weighted by Crippen LogP contribution is -2.44. The fourth-order valence-corrected chi connectivity index (χ4v) is 2.87. The minimum atomic E-state index is -0.740. The second-order valence-electron chi connectivity index (χ2n) is 5.55. The summed E-state index contributed by atoms with van der Waals surface area (Å²) in [6.45, 7) is 5.14. The Labute approximate surface area is 138 Å². The highest BCUT2D eigenvalue weighted by Crippen LogP contribution is 2.22. The molecular formula is C16H19FN4O3. The van der Waals surface area contributed by atoms with Gasteiger partial charge in [-0.1, -0.05) is 0 Å². The normalized spacial score (nSPS) is 14.9. The lowest BCUT2D eigenvalue weighted by Gasteiger charge is -2.29. The number of fused-ring (bicyclic) bond motifs is 1. The molecule has 0 radical (unpaired) electrons. The number of nitrogens with one attached hydrogen (secondary N) is 1. The summed E-state index contributed by atoms with van der Waals surface area (Å²) < 4.78 is 20.8. The molecule has 8 heteroatoms. The number of anilines is 1. The molecule has 0 spiro atoms. The third kappa shape index (κ3) is 2.73. The molecule has 0 aliphatic carbocycles. The standard InChI is InChI=1S/C16H19FN4O3/c1-3-20-9-11(16(23)24-2)13(22)10-8-12(17)15(19-14(10)20)21-6-4-18-5-7-21/h8-9,18H,3-7H2,1-2H3. The van der Waals surface area contributed by atoms with Crippen molar-refractivity contribution in [1.29, 1.82) is 0 Å². The van der Waals surface area contributed by atoms with Crippen molar-refractivity contribution in [2.45, 2.75) is 13.5 Å². The van der Waals surface area contributed by atoms with E-state index in [4.69, 9.17) is 0 Å². The van der Waals surface area contributed by atoms with Gasteiger partial charge < -0.3 is 19.5 Å². The molecule has 2 aromatic heterocycles. The molecule has 0 amide bonds. The van der Waals surface area contributed by atoms with Crippen LogP contribution in [0, 0.1) is 5.82 Å². The SMILES string of the molecule is CCn1cc(C(=O)OC)c(=O)c2cc(F)c(N3CCNCC3)nc21. The van der Waals surface area contributed by atoms with Gasteiger partial charge in [0, 0.05) is 38.9 Å². The van der Waals surface area contributed by atoms with Gasteiger partial charge in [-0.15, -0.1) is 0 Å². The first-order valence-corrected chi connectivity index (χ1v) is 7.84. The van der Waals surface area contributed by atoms with Gasteiger partial charge in [0.05, 0.1) is 12.5 Å². The number of nitrogens with zero attached hydrogens (tertiary/aromatic N) is 3. The van der Waals surface area contributed by atoms with Crippen molar-refractivity contribution in [3.05, 3.63) is 33.9 Å². The minimum absolute atomic E-state index is 0.0798. The van der Waals surface area contributed by atoms with Crippen molar-refractivity contribution in [2.24, 2.45) is 0 Å². The number of halogens is 1. The summed E-state index contributed by atoms with van der Waals surface area (Å²) >= 11 is 0. The fourth-order valence-electron chi connectivity index (χ4n) is 2.87. The maximum absolute atomic E-state index is 14.5. The second-order valence-corrected chi connectivity index (χ2v) is 5.55. The van der Waals surface area contributed by atoms with Gasteiger partial charge in [0.15, 0.2) is 11.6 Å². The lowest BCUT2D eigenvalue weighted by atomic mass is 10.2. The molecule has 7 nitrogen and oxygen atoms in total. The zero-order valence-electron chi connectivity index (χ0n) is 13.6. The summed E-state index contributed by atoms with van der Waals surface area (Å²) in [6.07, 6.45) is 1.42. The van der Waals surface area contributed by atoms with Crippen molar-refractivity contribution in [3.63, 3.8) is 0 Å². The number of aryl methyl sites for hydroxylation is 1. The summed E-state index contributed by atoms with van der Waals surface area (Å²) in [5, 5.41) is 3.28. The summed E-state index contributed by atoms with van der Waals surface area (Å²) in [4.78, 5) is 30.5. The van der Waals surface area contributed by atoms with Crippen LogP contribution in [0.1, 0.15) is 17.3 Å². The monoisotopic (exact) mass is 334 g/mol. The first kappa shape index (κ1) is 16.4. The molecule has 0 bridgehead atoms. The lowest BCUT2D eigenvalue weighted by molar-refractivity contribution is 0.0598. The largest absolute Gasteiger partial charge is 0.465 e. The number of carbonyl (C=O) groups is 1. The molecule has 3 heterocycles. The van der Waals surface area contributed by atoms with Crippen LogP contribution in [0.2, 0.25) is 0 Å². The Hall–Kier alpha value is -2.48. The molecule has 0 aromatic carbocycles. The second kappa shape index (κ2) is 6.56. The predicted molar refractivity (Wildman–Crippen MR) is 88.1 cm³/mol. The zero-order valence-corrected chi connectivity index (χ0v) is 13.6. The van der Waals surface area contributed by atoms with Crippen LogP contribution in [-0.4, -0.2) is 48.8 Å². The van der Waals surface area contributed by atoms with Crippen molar-refractivity contribution >= 4 is 22.8 Å². The van der Waals surface area contributed by atoms with Crippen molar-refractivity contribution in [1.82, 2.24) is 14.9 Å². The number of esters is 1. The number of hydrogen-bond acceptors (Lipinski definition) is 6. The predicted octanol–water partition coefficient (Wildman–Crippen LogP) is 0.752. The van der Waals surface area contributed by atoms with Gasteiger partial charge in [-0.05, 0) is 13.0 Å². The van der Waals surface area contributed by atoms with E-state index in [-0.39, 0.29) is 16.8 Å². The number of piperazine rings is 1. The molecule has 1 aliphatic rings. The molecule has 24 heavy (non-hydrogen) atoms.